The summed E-state index contributed by atoms with van der Waals surface area (Å²) in [5.41, 5.74) is 2.63. The molecule has 1 unspecified atom stereocenters. The van der Waals surface area contributed by atoms with E-state index in [4.69, 9.17) is 0 Å². The number of carbonyl (C=O) groups excluding carboxylic acids is 2. The lowest BCUT2D eigenvalue weighted by molar-refractivity contribution is -0.121. The summed E-state index contributed by atoms with van der Waals surface area (Å²) in [6, 6.07) is 7.28. The molecule has 0 radical (unpaired) electrons. The molecule has 1 N–H and O–H groups in total. The molecule has 1 amide bonds. The first-order valence-electron chi connectivity index (χ1n) is 7.27. The number of nitrogens with zero attached hydrogens (tertiary/aromatic N) is 1. The Balaban J connectivity index is 1.82. The molecule has 0 spiro atoms. The predicted molar refractivity (Wildman–Crippen MR) is 88.2 cm³/mol. The molecule has 4 nitrogen and oxygen atoms in total. The highest BCUT2D eigenvalue weighted by Gasteiger charge is 2.14. The van der Waals surface area contributed by atoms with E-state index in [9.17, 15) is 9.59 Å². The van der Waals surface area contributed by atoms with Crippen LogP contribution in [-0.4, -0.2) is 16.7 Å². The van der Waals surface area contributed by atoms with Gasteiger partial charge in [0.05, 0.1) is 16.7 Å². The molecule has 0 saturated carbocycles. The van der Waals surface area contributed by atoms with Gasteiger partial charge in [-0.3, -0.25) is 9.59 Å². The van der Waals surface area contributed by atoms with Crippen molar-refractivity contribution in [3.05, 3.63) is 51.5 Å². The largest absolute Gasteiger partial charge is 0.348 e. The zero-order valence-electron chi connectivity index (χ0n) is 13.1. The lowest BCUT2D eigenvalue weighted by Gasteiger charge is -2.11. The van der Waals surface area contributed by atoms with E-state index in [1.807, 2.05) is 38.3 Å². The summed E-state index contributed by atoms with van der Waals surface area (Å²) in [7, 11) is 0. The molecule has 0 saturated heterocycles. The fourth-order valence-electron chi connectivity index (χ4n) is 2.08. The van der Waals surface area contributed by atoms with Crippen LogP contribution in [0.1, 0.15) is 52.4 Å². The van der Waals surface area contributed by atoms with Crippen molar-refractivity contribution in [1.29, 1.82) is 0 Å². The fraction of sp³-hybridized carbons (Fsp3) is 0.353. The van der Waals surface area contributed by atoms with Gasteiger partial charge in [0.15, 0.2) is 5.78 Å². The number of hydrogen-bond donors (Lipinski definition) is 1. The number of hydrogen-bond acceptors (Lipinski definition) is 4. The molecule has 5 heteroatoms. The van der Waals surface area contributed by atoms with Crippen molar-refractivity contribution in [2.24, 2.45) is 0 Å². The standard InChI is InChI=1S/C17H20N2O2S/c1-11-4-6-14(7-5-11)16(20)8-9-17(21)18-12(2)15-10-22-13(3)19-15/h4-7,10,12H,8-9H2,1-3H3,(H,18,21). The third kappa shape index (κ3) is 4.49. The molecule has 116 valence electrons. The Bertz CT molecular complexity index is 662. The molecule has 1 atom stereocenters. The first-order chi connectivity index (χ1) is 10.5. The van der Waals surface area contributed by atoms with Crippen molar-refractivity contribution in [1.82, 2.24) is 10.3 Å². The smallest absolute Gasteiger partial charge is 0.220 e. The molecule has 22 heavy (non-hydrogen) atoms. The fourth-order valence-corrected chi connectivity index (χ4v) is 2.78. The quantitative estimate of drug-likeness (QED) is 0.828. The highest BCUT2D eigenvalue weighted by Crippen LogP contribution is 2.16. The number of ketones is 1. The van der Waals surface area contributed by atoms with Crippen molar-refractivity contribution < 1.29 is 9.59 Å². The van der Waals surface area contributed by atoms with Gasteiger partial charge in [0, 0.05) is 23.8 Å². The average Bonchev–Trinajstić information content (AvgIpc) is 2.92. The molecular formula is C17H20N2O2S. The SMILES string of the molecule is Cc1ccc(C(=O)CCC(=O)NC(C)c2csc(C)n2)cc1. The summed E-state index contributed by atoms with van der Waals surface area (Å²) in [6.45, 7) is 5.81. The molecule has 1 aromatic carbocycles. The minimum absolute atomic E-state index is 0.00712. The lowest BCUT2D eigenvalue weighted by atomic mass is 10.0. The van der Waals surface area contributed by atoms with Crippen LogP contribution >= 0.6 is 11.3 Å². The van der Waals surface area contributed by atoms with Gasteiger partial charge in [0.2, 0.25) is 5.91 Å². The van der Waals surface area contributed by atoms with Gasteiger partial charge in [-0.1, -0.05) is 29.8 Å². The summed E-state index contributed by atoms with van der Waals surface area (Å²) in [5, 5.41) is 5.80. The zero-order valence-corrected chi connectivity index (χ0v) is 13.9. The maximum Gasteiger partial charge on any atom is 0.220 e. The molecular weight excluding hydrogens is 296 g/mol. The Morgan fingerprint density at radius 1 is 1.18 bits per heavy atom. The molecule has 0 aliphatic carbocycles. The van der Waals surface area contributed by atoms with Crippen LogP contribution in [0.25, 0.3) is 0 Å². The Hall–Kier alpha value is -2.01. The third-order valence-corrected chi connectivity index (χ3v) is 4.20. The molecule has 2 aromatic rings. The Labute approximate surface area is 134 Å². The van der Waals surface area contributed by atoms with Gasteiger partial charge in [-0.2, -0.15) is 0 Å². The highest BCUT2D eigenvalue weighted by molar-refractivity contribution is 7.09. The third-order valence-electron chi connectivity index (χ3n) is 3.41. The minimum Gasteiger partial charge on any atom is -0.348 e. The maximum atomic E-state index is 12.0. The second-order valence-electron chi connectivity index (χ2n) is 5.37. The number of aryl methyl sites for hydroxylation is 2. The van der Waals surface area contributed by atoms with Gasteiger partial charge in [0.1, 0.15) is 0 Å². The summed E-state index contributed by atoms with van der Waals surface area (Å²) < 4.78 is 0. The van der Waals surface area contributed by atoms with E-state index in [1.54, 1.807) is 23.5 Å². The van der Waals surface area contributed by atoms with Gasteiger partial charge in [-0.05, 0) is 20.8 Å². The molecule has 0 aliphatic rings. The number of aromatic nitrogens is 1. The first-order valence-corrected chi connectivity index (χ1v) is 8.15. The van der Waals surface area contributed by atoms with Gasteiger partial charge in [-0.25, -0.2) is 4.98 Å². The van der Waals surface area contributed by atoms with E-state index in [0.29, 0.717) is 5.56 Å². The van der Waals surface area contributed by atoms with Gasteiger partial charge in [0.25, 0.3) is 0 Å². The Morgan fingerprint density at radius 2 is 1.86 bits per heavy atom. The van der Waals surface area contributed by atoms with Crippen molar-refractivity contribution in [2.75, 3.05) is 0 Å². The average molecular weight is 316 g/mol. The van der Waals surface area contributed by atoms with E-state index >= 15 is 0 Å². The Kier molecular flexibility index (Phi) is 5.44. The molecule has 1 heterocycles. The monoisotopic (exact) mass is 316 g/mol. The number of benzene rings is 1. The van der Waals surface area contributed by atoms with Gasteiger partial charge in [-0.15, -0.1) is 11.3 Å². The topological polar surface area (TPSA) is 59.1 Å². The number of amides is 1. The van der Waals surface area contributed by atoms with Crippen molar-refractivity contribution in [3.63, 3.8) is 0 Å². The zero-order chi connectivity index (χ0) is 16.1. The Morgan fingerprint density at radius 3 is 2.45 bits per heavy atom. The molecule has 0 fully saturated rings. The van der Waals surface area contributed by atoms with Crippen LogP contribution in [0.5, 0.6) is 0 Å². The van der Waals surface area contributed by atoms with Crippen molar-refractivity contribution in [3.8, 4) is 0 Å². The van der Waals surface area contributed by atoms with Crippen LogP contribution in [0.3, 0.4) is 0 Å². The minimum atomic E-state index is -0.132. The molecule has 1 aromatic heterocycles. The maximum absolute atomic E-state index is 12.0. The summed E-state index contributed by atoms with van der Waals surface area (Å²) in [5.74, 6) is -0.133. The lowest BCUT2D eigenvalue weighted by Crippen LogP contribution is -2.27. The van der Waals surface area contributed by atoms with E-state index in [2.05, 4.69) is 10.3 Å². The number of carbonyl (C=O) groups is 2. The number of nitrogens with one attached hydrogen (secondary N) is 1. The molecule has 2 rings (SSSR count). The van der Waals surface area contributed by atoms with E-state index < -0.39 is 0 Å². The number of thiazole rings is 1. The van der Waals surface area contributed by atoms with E-state index in [0.717, 1.165) is 16.3 Å². The predicted octanol–water partition coefficient (Wildman–Crippen LogP) is 3.60. The van der Waals surface area contributed by atoms with Crippen LogP contribution in [0, 0.1) is 13.8 Å². The highest BCUT2D eigenvalue weighted by atomic mass is 32.1. The van der Waals surface area contributed by atoms with Crippen LogP contribution in [0.2, 0.25) is 0 Å². The van der Waals surface area contributed by atoms with Crippen molar-refractivity contribution in [2.45, 2.75) is 39.7 Å². The van der Waals surface area contributed by atoms with Crippen molar-refractivity contribution >= 4 is 23.0 Å². The summed E-state index contributed by atoms with van der Waals surface area (Å²) >= 11 is 1.56. The normalized spacial score (nSPS) is 12.0. The van der Waals surface area contributed by atoms with E-state index in [1.165, 1.54) is 0 Å². The summed E-state index contributed by atoms with van der Waals surface area (Å²) in [4.78, 5) is 28.3. The summed E-state index contributed by atoms with van der Waals surface area (Å²) in [6.07, 6.45) is 0.415. The van der Waals surface area contributed by atoms with Crippen LogP contribution in [0.4, 0.5) is 0 Å². The van der Waals surface area contributed by atoms with Gasteiger partial charge < -0.3 is 5.32 Å². The molecule has 0 bridgehead atoms. The number of rotatable bonds is 6. The number of Topliss-reactive ketones (excluding diaryl/α,β-unsaturated/α-hetero) is 1. The van der Waals surface area contributed by atoms with Crippen LogP contribution in [0.15, 0.2) is 29.6 Å². The van der Waals surface area contributed by atoms with Gasteiger partial charge >= 0.3 is 0 Å². The van der Waals surface area contributed by atoms with Crippen LogP contribution in [-0.2, 0) is 4.79 Å². The van der Waals surface area contributed by atoms with Crippen LogP contribution < -0.4 is 5.32 Å². The van der Waals surface area contributed by atoms with E-state index in [-0.39, 0.29) is 30.6 Å². The molecule has 0 aliphatic heterocycles. The first kappa shape index (κ1) is 16.4. The second kappa shape index (κ2) is 7.31. The second-order valence-corrected chi connectivity index (χ2v) is 6.43.